The number of hydrogen-bond donors (Lipinski definition) is 2. The summed E-state index contributed by atoms with van der Waals surface area (Å²) in [5, 5.41) is 6.78. The number of nitrogens with one attached hydrogen (secondary N) is 2. The van der Waals surface area contributed by atoms with Crippen molar-refractivity contribution < 1.29 is 9.13 Å². The Balaban J connectivity index is 0.00000272. The molecule has 0 aromatic carbocycles. The van der Waals surface area contributed by atoms with Crippen molar-refractivity contribution >= 4 is 35.8 Å². The standard InChI is InChI=1S/C22H29FN6O.HI/c1-24-22(28-17-9-12-29(15-17)21-19(23)7-4-10-26-21)27-14-16-8-11-25-20(13-16)30-18-5-2-3-6-18;/h4,7-8,10-11,13,17-18H,2-3,5-6,9,12,14-15H2,1H3,(H2,24,27,28);1H. The number of rotatable bonds is 6. The molecule has 0 radical (unpaired) electrons. The van der Waals surface area contributed by atoms with E-state index in [2.05, 4.69) is 25.6 Å². The highest BCUT2D eigenvalue weighted by molar-refractivity contribution is 14.0. The zero-order chi connectivity index (χ0) is 20.8. The topological polar surface area (TPSA) is 74.7 Å². The average molecular weight is 540 g/mol. The predicted octanol–water partition coefficient (Wildman–Crippen LogP) is 3.50. The molecule has 4 rings (SSSR count). The zero-order valence-corrected chi connectivity index (χ0v) is 20.1. The molecule has 1 atom stereocenters. The molecule has 2 aromatic heterocycles. The van der Waals surface area contributed by atoms with Gasteiger partial charge < -0.3 is 20.3 Å². The number of guanidine groups is 1. The van der Waals surface area contributed by atoms with Gasteiger partial charge in [0.25, 0.3) is 0 Å². The Morgan fingerprint density at radius 1 is 1.23 bits per heavy atom. The second-order valence-electron chi connectivity index (χ2n) is 7.84. The lowest BCUT2D eigenvalue weighted by molar-refractivity contribution is 0.201. The lowest BCUT2D eigenvalue weighted by atomic mass is 10.2. The molecule has 1 aliphatic heterocycles. The third-order valence-electron chi connectivity index (χ3n) is 5.64. The fraction of sp³-hybridized carbons (Fsp3) is 0.500. The van der Waals surface area contributed by atoms with E-state index in [9.17, 15) is 4.39 Å². The van der Waals surface area contributed by atoms with Crippen LogP contribution < -0.4 is 20.3 Å². The first-order valence-corrected chi connectivity index (χ1v) is 10.7. The van der Waals surface area contributed by atoms with Gasteiger partial charge in [-0.15, -0.1) is 24.0 Å². The summed E-state index contributed by atoms with van der Waals surface area (Å²) in [6, 6.07) is 7.20. The molecule has 1 aliphatic carbocycles. The number of ether oxygens (including phenoxy) is 1. The van der Waals surface area contributed by atoms with Gasteiger partial charge in [0, 0.05) is 51.2 Å². The van der Waals surface area contributed by atoms with Gasteiger partial charge in [0.1, 0.15) is 6.10 Å². The molecular formula is C22H30FIN6O. The maximum absolute atomic E-state index is 14.0. The molecule has 2 aliphatic rings. The van der Waals surface area contributed by atoms with E-state index < -0.39 is 0 Å². The number of halogens is 2. The van der Waals surface area contributed by atoms with Gasteiger partial charge in [0.2, 0.25) is 5.88 Å². The molecule has 168 valence electrons. The third-order valence-corrected chi connectivity index (χ3v) is 5.64. The summed E-state index contributed by atoms with van der Waals surface area (Å²) in [5.41, 5.74) is 1.09. The van der Waals surface area contributed by atoms with Crippen LogP contribution in [-0.2, 0) is 6.54 Å². The molecule has 3 heterocycles. The van der Waals surface area contributed by atoms with E-state index in [0.717, 1.165) is 37.3 Å². The summed E-state index contributed by atoms with van der Waals surface area (Å²) in [7, 11) is 1.75. The Labute approximate surface area is 199 Å². The van der Waals surface area contributed by atoms with E-state index in [-0.39, 0.29) is 35.8 Å². The van der Waals surface area contributed by atoms with Crippen LogP contribution in [0.15, 0.2) is 41.7 Å². The minimum absolute atomic E-state index is 0. The first-order chi connectivity index (χ1) is 14.7. The Bertz CT molecular complexity index is 877. The third kappa shape index (κ3) is 6.41. The van der Waals surface area contributed by atoms with Crippen molar-refractivity contribution in [1.29, 1.82) is 0 Å². The molecule has 0 bridgehead atoms. The molecule has 2 fully saturated rings. The maximum Gasteiger partial charge on any atom is 0.213 e. The number of aromatic nitrogens is 2. The van der Waals surface area contributed by atoms with Crippen LogP contribution in [0.2, 0.25) is 0 Å². The van der Waals surface area contributed by atoms with E-state index in [4.69, 9.17) is 4.74 Å². The molecule has 1 unspecified atom stereocenters. The molecule has 2 aromatic rings. The fourth-order valence-corrected chi connectivity index (χ4v) is 4.06. The highest BCUT2D eigenvalue weighted by Gasteiger charge is 2.26. The summed E-state index contributed by atoms with van der Waals surface area (Å²) in [6.45, 7) is 2.06. The second-order valence-corrected chi connectivity index (χ2v) is 7.84. The maximum atomic E-state index is 14.0. The Morgan fingerprint density at radius 3 is 2.84 bits per heavy atom. The zero-order valence-electron chi connectivity index (χ0n) is 17.8. The molecule has 2 N–H and O–H groups in total. The molecular weight excluding hydrogens is 510 g/mol. The van der Waals surface area contributed by atoms with E-state index in [1.165, 1.54) is 18.9 Å². The van der Waals surface area contributed by atoms with Crippen molar-refractivity contribution in [2.45, 2.75) is 50.8 Å². The SMILES string of the molecule is CN=C(NCc1ccnc(OC2CCCC2)c1)NC1CCN(c2ncccc2F)C1.I. The van der Waals surface area contributed by atoms with Crippen LogP contribution in [0.5, 0.6) is 5.88 Å². The van der Waals surface area contributed by atoms with Gasteiger partial charge in [-0.2, -0.15) is 0 Å². The van der Waals surface area contributed by atoms with Crippen LogP contribution in [0.4, 0.5) is 10.2 Å². The molecule has 1 saturated heterocycles. The Kier molecular flexibility index (Phi) is 8.68. The molecule has 7 nitrogen and oxygen atoms in total. The van der Waals surface area contributed by atoms with Gasteiger partial charge >= 0.3 is 0 Å². The lowest BCUT2D eigenvalue weighted by Crippen LogP contribution is -2.44. The van der Waals surface area contributed by atoms with Crippen molar-refractivity contribution in [3.63, 3.8) is 0 Å². The lowest BCUT2D eigenvalue weighted by Gasteiger charge is -2.20. The summed E-state index contributed by atoms with van der Waals surface area (Å²) in [4.78, 5) is 14.8. The quantitative estimate of drug-likeness (QED) is 0.332. The van der Waals surface area contributed by atoms with Crippen molar-refractivity contribution in [3.8, 4) is 5.88 Å². The first-order valence-electron chi connectivity index (χ1n) is 10.7. The van der Waals surface area contributed by atoms with Gasteiger partial charge in [-0.05, 0) is 55.9 Å². The largest absolute Gasteiger partial charge is 0.474 e. The van der Waals surface area contributed by atoms with Gasteiger partial charge in [-0.3, -0.25) is 4.99 Å². The number of aliphatic imine (C=N–C) groups is 1. The molecule has 31 heavy (non-hydrogen) atoms. The van der Waals surface area contributed by atoms with Gasteiger partial charge in [-0.25, -0.2) is 14.4 Å². The van der Waals surface area contributed by atoms with Crippen molar-refractivity contribution in [1.82, 2.24) is 20.6 Å². The number of nitrogens with zero attached hydrogens (tertiary/aromatic N) is 4. The van der Waals surface area contributed by atoms with E-state index in [1.54, 1.807) is 25.5 Å². The Morgan fingerprint density at radius 2 is 2.06 bits per heavy atom. The van der Waals surface area contributed by atoms with E-state index in [0.29, 0.717) is 30.9 Å². The number of pyridine rings is 2. The van der Waals surface area contributed by atoms with Gasteiger partial charge in [0.15, 0.2) is 17.6 Å². The summed E-state index contributed by atoms with van der Waals surface area (Å²) >= 11 is 0. The van der Waals surface area contributed by atoms with Crippen LogP contribution in [0.1, 0.15) is 37.7 Å². The van der Waals surface area contributed by atoms with Gasteiger partial charge in [-0.1, -0.05) is 0 Å². The van der Waals surface area contributed by atoms with Crippen molar-refractivity contribution in [2.24, 2.45) is 4.99 Å². The molecule has 0 amide bonds. The fourth-order valence-electron chi connectivity index (χ4n) is 4.06. The van der Waals surface area contributed by atoms with Gasteiger partial charge in [0.05, 0.1) is 0 Å². The van der Waals surface area contributed by atoms with Crippen LogP contribution in [0, 0.1) is 5.82 Å². The van der Waals surface area contributed by atoms with Crippen LogP contribution in [0.25, 0.3) is 0 Å². The van der Waals surface area contributed by atoms with Crippen LogP contribution in [-0.4, -0.2) is 48.2 Å². The van der Waals surface area contributed by atoms with Crippen LogP contribution in [0.3, 0.4) is 0 Å². The minimum Gasteiger partial charge on any atom is -0.474 e. The van der Waals surface area contributed by atoms with Crippen molar-refractivity contribution in [2.75, 3.05) is 25.0 Å². The molecule has 1 saturated carbocycles. The number of hydrogen-bond acceptors (Lipinski definition) is 5. The molecule has 9 heteroatoms. The smallest absolute Gasteiger partial charge is 0.213 e. The second kappa shape index (κ2) is 11.4. The first kappa shape index (κ1) is 23.5. The minimum atomic E-state index is -0.283. The highest BCUT2D eigenvalue weighted by atomic mass is 127. The Hall–Kier alpha value is -2.17. The normalized spacial score (nSPS) is 19.2. The van der Waals surface area contributed by atoms with Crippen molar-refractivity contribution in [3.05, 3.63) is 48.0 Å². The summed E-state index contributed by atoms with van der Waals surface area (Å²) < 4.78 is 20.0. The van der Waals surface area contributed by atoms with Crippen LogP contribution >= 0.6 is 24.0 Å². The monoisotopic (exact) mass is 540 g/mol. The summed E-state index contributed by atoms with van der Waals surface area (Å²) in [5.74, 6) is 1.54. The van der Waals surface area contributed by atoms with E-state index in [1.807, 2.05) is 17.0 Å². The number of anilines is 1. The average Bonchev–Trinajstić information content (AvgIpc) is 3.44. The highest BCUT2D eigenvalue weighted by Crippen LogP contribution is 2.23. The van der Waals surface area contributed by atoms with E-state index >= 15 is 0 Å². The predicted molar refractivity (Wildman–Crippen MR) is 131 cm³/mol. The summed E-state index contributed by atoms with van der Waals surface area (Å²) in [6.07, 6.45) is 9.30. The molecule has 0 spiro atoms.